The number of halogens is 1. The topological polar surface area (TPSA) is 78.8 Å². The van der Waals surface area contributed by atoms with E-state index in [1.807, 2.05) is 0 Å². The van der Waals surface area contributed by atoms with Crippen LogP contribution in [0, 0.1) is 5.82 Å². The number of anilines is 1. The monoisotopic (exact) mass is 398 g/mol. The average molecular weight is 398 g/mol. The summed E-state index contributed by atoms with van der Waals surface area (Å²) in [5.41, 5.74) is 0.334. The molecule has 3 rings (SSSR count). The number of hydrogen-bond donors (Lipinski definition) is 1. The van der Waals surface area contributed by atoms with Crippen molar-refractivity contribution in [1.29, 1.82) is 0 Å². The van der Waals surface area contributed by atoms with Gasteiger partial charge >= 0.3 is 0 Å². The van der Waals surface area contributed by atoms with Crippen LogP contribution in [0.1, 0.15) is 15.9 Å². The number of rotatable bonds is 7. The number of amides is 1. The maximum atomic E-state index is 13.0. The highest BCUT2D eigenvalue weighted by molar-refractivity contribution is 6.04. The van der Waals surface area contributed by atoms with Crippen molar-refractivity contribution in [3.63, 3.8) is 0 Å². The smallest absolute Gasteiger partial charge is 0.295 e. The number of aromatic nitrogens is 1. The summed E-state index contributed by atoms with van der Waals surface area (Å²) in [6.07, 6.45) is 1.40. The molecule has 0 saturated heterocycles. The highest BCUT2D eigenvalue weighted by atomic mass is 19.1. The van der Waals surface area contributed by atoms with Crippen LogP contribution < -0.4 is 25.2 Å². The lowest BCUT2D eigenvalue weighted by molar-refractivity contribution is 0.0863. The van der Waals surface area contributed by atoms with Gasteiger partial charge in [-0.3, -0.25) is 9.59 Å². The molecule has 1 amide bonds. The molecule has 1 aromatic heterocycles. The van der Waals surface area contributed by atoms with Crippen molar-refractivity contribution < 1.29 is 23.5 Å². The Labute approximate surface area is 166 Å². The van der Waals surface area contributed by atoms with Crippen molar-refractivity contribution in [3.8, 4) is 11.5 Å². The van der Waals surface area contributed by atoms with E-state index in [1.165, 1.54) is 44.7 Å². The van der Waals surface area contributed by atoms with Crippen molar-refractivity contribution in [2.45, 2.75) is 6.61 Å². The third kappa shape index (κ3) is 4.73. The zero-order valence-corrected chi connectivity index (χ0v) is 15.8. The second-order valence-corrected chi connectivity index (χ2v) is 5.97. The van der Waals surface area contributed by atoms with Crippen LogP contribution in [0.25, 0.3) is 0 Å². The molecule has 0 fully saturated rings. The Morgan fingerprint density at radius 3 is 2.52 bits per heavy atom. The number of pyridine rings is 1. The van der Waals surface area contributed by atoms with Gasteiger partial charge in [-0.25, -0.2) is 4.39 Å². The SMILES string of the molecule is COc1ccc(NC(=O)c2cccn(OCc3ccc(F)cc3)c2=O)c(OC)c1. The number of nitrogens with zero attached hydrogens (tertiary/aromatic N) is 1. The van der Waals surface area contributed by atoms with E-state index in [-0.39, 0.29) is 18.0 Å². The van der Waals surface area contributed by atoms with Gasteiger partial charge in [0.05, 0.1) is 19.9 Å². The van der Waals surface area contributed by atoms with Gasteiger partial charge in [0, 0.05) is 12.3 Å². The van der Waals surface area contributed by atoms with Gasteiger partial charge in [-0.05, 0) is 42.0 Å². The summed E-state index contributed by atoms with van der Waals surface area (Å²) < 4.78 is 24.3. The van der Waals surface area contributed by atoms with Crippen molar-refractivity contribution >= 4 is 11.6 Å². The minimum absolute atomic E-state index is 0.0392. The molecular weight excluding hydrogens is 379 g/mol. The number of carbonyl (C=O) groups excluding carboxylic acids is 1. The zero-order chi connectivity index (χ0) is 20.8. The lowest BCUT2D eigenvalue weighted by Crippen LogP contribution is -2.32. The molecule has 0 aliphatic carbocycles. The van der Waals surface area contributed by atoms with Crippen LogP contribution in [-0.4, -0.2) is 24.9 Å². The fourth-order valence-electron chi connectivity index (χ4n) is 2.57. The second kappa shape index (κ2) is 8.92. The molecule has 0 bridgehead atoms. The first-order valence-corrected chi connectivity index (χ1v) is 8.64. The van der Waals surface area contributed by atoms with E-state index in [4.69, 9.17) is 14.3 Å². The molecule has 3 aromatic rings. The Hall–Kier alpha value is -3.81. The molecular formula is C21H19FN2O5. The summed E-state index contributed by atoms with van der Waals surface area (Å²) in [5.74, 6) is -0.0191. The zero-order valence-electron chi connectivity index (χ0n) is 15.8. The predicted octanol–water partition coefficient (Wildman–Crippen LogP) is 2.89. The Morgan fingerprint density at radius 2 is 1.83 bits per heavy atom. The largest absolute Gasteiger partial charge is 0.497 e. The van der Waals surface area contributed by atoms with Crippen molar-refractivity contribution in [1.82, 2.24) is 4.73 Å². The number of ether oxygens (including phenoxy) is 2. The summed E-state index contributed by atoms with van der Waals surface area (Å²) >= 11 is 0. The molecule has 0 saturated carbocycles. The number of nitrogens with one attached hydrogen (secondary N) is 1. The molecule has 7 nitrogen and oxygen atoms in total. The Morgan fingerprint density at radius 1 is 1.07 bits per heavy atom. The summed E-state index contributed by atoms with van der Waals surface area (Å²) in [5, 5.41) is 2.65. The summed E-state index contributed by atoms with van der Waals surface area (Å²) in [6.45, 7) is 0.0392. The van der Waals surface area contributed by atoms with E-state index < -0.39 is 11.5 Å². The highest BCUT2D eigenvalue weighted by Gasteiger charge is 2.15. The molecule has 0 spiro atoms. The number of benzene rings is 2. The fraction of sp³-hybridized carbons (Fsp3) is 0.143. The van der Waals surface area contributed by atoms with Crippen LogP contribution in [0.5, 0.6) is 11.5 Å². The lowest BCUT2D eigenvalue weighted by Gasteiger charge is -2.12. The van der Waals surface area contributed by atoms with Gasteiger partial charge in [-0.15, -0.1) is 0 Å². The molecule has 8 heteroatoms. The van der Waals surface area contributed by atoms with E-state index in [0.29, 0.717) is 22.7 Å². The average Bonchev–Trinajstić information content (AvgIpc) is 2.74. The first kappa shape index (κ1) is 19.9. The number of methoxy groups -OCH3 is 2. The minimum atomic E-state index is -0.625. The van der Waals surface area contributed by atoms with Crippen molar-refractivity contribution in [3.05, 3.63) is 88.1 Å². The molecule has 1 heterocycles. The van der Waals surface area contributed by atoms with Gasteiger partial charge in [-0.1, -0.05) is 12.1 Å². The van der Waals surface area contributed by atoms with E-state index in [9.17, 15) is 14.0 Å². The van der Waals surface area contributed by atoms with Crippen LogP contribution in [-0.2, 0) is 6.61 Å². The molecule has 0 aliphatic rings. The van der Waals surface area contributed by atoms with E-state index >= 15 is 0 Å². The molecule has 1 N–H and O–H groups in total. The lowest BCUT2D eigenvalue weighted by atomic mass is 10.2. The molecule has 0 atom stereocenters. The Balaban J connectivity index is 1.77. The maximum absolute atomic E-state index is 13.0. The molecule has 0 unspecified atom stereocenters. The first-order chi connectivity index (χ1) is 14.0. The van der Waals surface area contributed by atoms with E-state index in [2.05, 4.69) is 5.32 Å². The maximum Gasteiger partial charge on any atom is 0.295 e. The van der Waals surface area contributed by atoms with Gasteiger partial charge in [0.25, 0.3) is 11.5 Å². The van der Waals surface area contributed by atoms with E-state index in [0.717, 1.165) is 4.73 Å². The van der Waals surface area contributed by atoms with E-state index in [1.54, 1.807) is 30.3 Å². The predicted molar refractivity (Wildman–Crippen MR) is 105 cm³/mol. The molecule has 0 aliphatic heterocycles. The minimum Gasteiger partial charge on any atom is -0.497 e. The van der Waals surface area contributed by atoms with Gasteiger partial charge in [0.1, 0.15) is 29.5 Å². The molecule has 0 radical (unpaired) electrons. The summed E-state index contributed by atoms with van der Waals surface area (Å²) in [4.78, 5) is 30.6. The third-order valence-electron chi connectivity index (χ3n) is 4.10. The quantitative estimate of drug-likeness (QED) is 0.662. The standard InChI is InChI=1S/C21H19FN2O5/c1-27-16-9-10-18(19(12-16)28-2)23-20(25)17-4-3-11-24(21(17)26)29-13-14-5-7-15(22)8-6-14/h3-12H,13H2,1-2H3,(H,23,25). The highest BCUT2D eigenvalue weighted by Crippen LogP contribution is 2.29. The normalized spacial score (nSPS) is 10.3. The van der Waals surface area contributed by atoms with Crippen LogP contribution in [0.2, 0.25) is 0 Å². The van der Waals surface area contributed by atoms with Gasteiger partial charge < -0.3 is 19.6 Å². The van der Waals surface area contributed by atoms with Gasteiger partial charge in [0.15, 0.2) is 0 Å². The molecule has 29 heavy (non-hydrogen) atoms. The van der Waals surface area contributed by atoms with Crippen LogP contribution in [0.15, 0.2) is 65.6 Å². The van der Waals surface area contributed by atoms with Crippen LogP contribution >= 0.6 is 0 Å². The second-order valence-electron chi connectivity index (χ2n) is 5.97. The number of hydrogen-bond acceptors (Lipinski definition) is 5. The Kier molecular flexibility index (Phi) is 6.13. The first-order valence-electron chi connectivity index (χ1n) is 8.64. The van der Waals surface area contributed by atoms with Crippen molar-refractivity contribution in [2.24, 2.45) is 0 Å². The summed E-state index contributed by atoms with van der Waals surface area (Å²) in [7, 11) is 2.98. The van der Waals surface area contributed by atoms with Gasteiger partial charge in [0.2, 0.25) is 0 Å². The van der Waals surface area contributed by atoms with Crippen molar-refractivity contribution in [2.75, 3.05) is 19.5 Å². The van der Waals surface area contributed by atoms with Crippen LogP contribution in [0.4, 0.5) is 10.1 Å². The third-order valence-corrected chi connectivity index (χ3v) is 4.10. The van der Waals surface area contributed by atoms with Crippen LogP contribution in [0.3, 0.4) is 0 Å². The fourth-order valence-corrected chi connectivity index (χ4v) is 2.57. The molecule has 2 aromatic carbocycles. The Bertz CT molecular complexity index is 1060. The number of carbonyl (C=O) groups is 1. The van der Waals surface area contributed by atoms with Gasteiger partial charge in [-0.2, -0.15) is 4.73 Å². The summed E-state index contributed by atoms with van der Waals surface area (Å²) in [6, 6.07) is 13.5. The molecule has 150 valence electrons.